The predicted molar refractivity (Wildman–Crippen MR) is 84.3 cm³/mol. The molecule has 0 radical (unpaired) electrons. The third-order valence-corrected chi connectivity index (χ3v) is 6.52. The molecule has 1 aliphatic rings. The van der Waals surface area contributed by atoms with Crippen LogP contribution in [0.1, 0.15) is 19.8 Å². The maximum atomic E-state index is 12.7. The molecule has 1 aromatic rings. The highest BCUT2D eigenvalue weighted by atomic mass is 79.9. The maximum Gasteiger partial charge on any atom is 0.244 e. The Bertz CT molecular complexity index is 592. The quantitative estimate of drug-likeness (QED) is 0.875. The number of benzene rings is 1. The van der Waals surface area contributed by atoms with E-state index in [9.17, 15) is 8.42 Å². The van der Waals surface area contributed by atoms with Crippen molar-refractivity contribution in [2.45, 2.75) is 30.7 Å². The molecule has 1 heterocycles. The van der Waals surface area contributed by atoms with Crippen LogP contribution in [-0.2, 0) is 10.0 Å². The summed E-state index contributed by atoms with van der Waals surface area (Å²) in [7, 11) is -3.57. The van der Waals surface area contributed by atoms with Gasteiger partial charge in [-0.05, 0) is 43.9 Å². The van der Waals surface area contributed by atoms with E-state index in [0.717, 1.165) is 12.8 Å². The number of sulfonamides is 1. The molecular weight excluding hydrogens is 364 g/mol. The van der Waals surface area contributed by atoms with E-state index in [1.165, 1.54) is 4.31 Å². The highest BCUT2D eigenvalue weighted by molar-refractivity contribution is 9.10. The molecule has 1 aromatic carbocycles. The smallest absolute Gasteiger partial charge is 0.244 e. The van der Waals surface area contributed by atoms with Crippen molar-refractivity contribution in [3.8, 4) is 0 Å². The van der Waals surface area contributed by atoms with E-state index >= 15 is 0 Å². The van der Waals surface area contributed by atoms with Gasteiger partial charge >= 0.3 is 0 Å². The Hall–Kier alpha value is -0.140. The Kier molecular flexibility index (Phi) is 5.13. The first-order valence-corrected chi connectivity index (χ1v) is 9.14. The molecule has 20 heavy (non-hydrogen) atoms. The summed E-state index contributed by atoms with van der Waals surface area (Å²) in [6.07, 6.45) is 1.80. The number of halogens is 2. The number of hydrogen-bond acceptors (Lipinski definition) is 3. The summed E-state index contributed by atoms with van der Waals surface area (Å²) in [6, 6.07) is 4.85. The lowest BCUT2D eigenvalue weighted by Crippen LogP contribution is -2.45. The van der Waals surface area contributed by atoms with E-state index in [-0.39, 0.29) is 21.9 Å². The van der Waals surface area contributed by atoms with Gasteiger partial charge in [0.15, 0.2) is 0 Å². The molecule has 2 atom stereocenters. The number of nitrogens with two attached hydrogens (primary N) is 1. The third-order valence-electron chi connectivity index (χ3n) is 3.68. The monoisotopic (exact) mass is 380 g/mol. The van der Waals surface area contributed by atoms with Crippen LogP contribution in [-0.4, -0.2) is 31.9 Å². The van der Waals surface area contributed by atoms with Gasteiger partial charge in [-0.3, -0.25) is 0 Å². The Morgan fingerprint density at radius 3 is 2.85 bits per heavy atom. The number of nitrogens with zero attached hydrogens (tertiary/aromatic N) is 1. The van der Waals surface area contributed by atoms with Crippen molar-refractivity contribution < 1.29 is 8.42 Å². The first kappa shape index (κ1) is 16.2. The zero-order chi connectivity index (χ0) is 14.9. The van der Waals surface area contributed by atoms with Gasteiger partial charge in [-0.15, -0.1) is 0 Å². The lowest BCUT2D eigenvalue weighted by atomic mass is 9.93. The first-order valence-electron chi connectivity index (χ1n) is 6.53. The highest BCUT2D eigenvalue weighted by Crippen LogP contribution is 2.30. The van der Waals surface area contributed by atoms with Gasteiger partial charge in [0, 0.05) is 23.6 Å². The lowest BCUT2D eigenvalue weighted by Gasteiger charge is -2.33. The molecule has 0 saturated carbocycles. The van der Waals surface area contributed by atoms with Crippen molar-refractivity contribution in [2.24, 2.45) is 11.7 Å². The summed E-state index contributed by atoms with van der Waals surface area (Å²) in [4.78, 5) is 0.152. The third kappa shape index (κ3) is 3.36. The molecule has 112 valence electrons. The predicted octanol–water partition coefficient (Wildman–Crippen LogP) is 2.85. The van der Waals surface area contributed by atoms with Crippen LogP contribution in [0.3, 0.4) is 0 Å². The molecule has 2 unspecified atom stereocenters. The fourth-order valence-electron chi connectivity index (χ4n) is 2.44. The highest BCUT2D eigenvalue weighted by Gasteiger charge is 2.32. The Morgan fingerprint density at radius 2 is 2.20 bits per heavy atom. The summed E-state index contributed by atoms with van der Waals surface area (Å²) in [5.41, 5.74) is 5.91. The van der Waals surface area contributed by atoms with E-state index < -0.39 is 10.0 Å². The molecule has 0 bridgehead atoms. The summed E-state index contributed by atoms with van der Waals surface area (Å²) >= 11 is 9.33. The first-order chi connectivity index (χ1) is 9.32. The molecule has 4 nitrogen and oxygen atoms in total. The van der Waals surface area contributed by atoms with Crippen LogP contribution in [0.25, 0.3) is 0 Å². The molecule has 2 N–H and O–H groups in total. The van der Waals surface area contributed by atoms with Crippen molar-refractivity contribution >= 4 is 37.6 Å². The van der Waals surface area contributed by atoms with Gasteiger partial charge < -0.3 is 5.73 Å². The number of rotatable bonds is 3. The van der Waals surface area contributed by atoms with Crippen molar-refractivity contribution in [3.05, 3.63) is 27.7 Å². The minimum Gasteiger partial charge on any atom is -0.328 e. The van der Waals surface area contributed by atoms with Crippen molar-refractivity contribution in [3.63, 3.8) is 0 Å². The Morgan fingerprint density at radius 1 is 1.50 bits per heavy atom. The standard InChI is InChI=1S/C13H18BrClN2O2S/c1-9(16)10-3-2-6-17(8-10)20(18,19)13-7-11(14)4-5-12(13)15/h4-5,7,9-10H,2-3,6,8,16H2,1H3. The molecule has 2 rings (SSSR count). The maximum absolute atomic E-state index is 12.7. The number of piperidine rings is 1. The molecule has 0 aliphatic carbocycles. The van der Waals surface area contributed by atoms with Crippen LogP contribution in [0, 0.1) is 5.92 Å². The van der Waals surface area contributed by atoms with Crippen molar-refractivity contribution in [1.29, 1.82) is 0 Å². The van der Waals surface area contributed by atoms with E-state index in [4.69, 9.17) is 17.3 Å². The van der Waals surface area contributed by atoms with Crippen LogP contribution in [0.15, 0.2) is 27.6 Å². The van der Waals surface area contributed by atoms with Gasteiger partial charge in [-0.2, -0.15) is 4.31 Å². The van der Waals surface area contributed by atoms with E-state index in [1.807, 2.05) is 6.92 Å². The van der Waals surface area contributed by atoms with Gasteiger partial charge in [0.05, 0.1) is 5.02 Å². The molecule has 1 fully saturated rings. The van der Waals surface area contributed by atoms with Gasteiger partial charge in [0.25, 0.3) is 0 Å². The van der Waals surface area contributed by atoms with Gasteiger partial charge in [0.1, 0.15) is 4.90 Å². The zero-order valence-corrected chi connectivity index (χ0v) is 14.4. The van der Waals surface area contributed by atoms with Crippen LogP contribution < -0.4 is 5.73 Å². The minimum absolute atomic E-state index is 0.00835. The van der Waals surface area contributed by atoms with Gasteiger partial charge in [-0.1, -0.05) is 27.5 Å². The molecule has 7 heteroatoms. The van der Waals surface area contributed by atoms with E-state index in [0.29, 0.717) is 17.6 Å². The van der Waals surface area contributed by atoms with Gasteiger partial charge in [0.2, 0.25) is 10.0 Å². The lowest BCUT2D eigenvalue weighted by molar-refractivity contribution is 0.243. The minimum atomic E-state index is -3.57. The average molecular weight is 382 g/mol. The van der Waals surface area contributed by atoms with E-state index in [2.05, 4.69) is 15.9 Å². The van der Waals surface area contributed by atoms with Crippen molar-refractivity contribution in [2.75, 3.05) is 13.1 Å². The summed E-state index contributed by atoms with van der Waals surface area (Å²) in [6.45, 7) is 2.91. The number of hydrogen-bond donors (Lipinski definition) is 1. The summed E-state index contributed by atoms with van der Waals surface area (Å²) in [5.74, 6) is 0.199. The largest absolute Gasteiger partial charge is 0.328 e. The molecule has 0 aromatic heterocycles. The van der Waals surface area contributed by atoms with Crippen LogP contribution in [0.2, 0.25) is 5.02 Å². The van der Waals surface area contributed by atoms with Gasteiger partial charge in [-0.25, -0.2) is 8.42 Å². The summed E-state index contributed by atoms with van der Waals surface area (Å²) < 4.78 is 27.6. The fraction of sp³-hybridized carbons (Fsp3) is 0.538. The molecule has 0 spiro atoms. The molecule has 1 aliphatic heterocycles. The normalized spacial score (nSPS) is 22.7. The Balaban J connectivity index is 2.32. The SMILES string of the molecule is CC(N)C1CCCN(S(=O)(=O)c2cc(Br)ccc2Cl)C1. The Labute approximate surface area is 133 Å². The molecule has 1 saturated heterocycles. The summed E-state index contributed by atoms with van der Waals surface area (Å²) in [5, 5.41) is 0.246. The topological polar surface area (TPSA) is 63.4 Å². The second kappa shape index (κ2) is 6.32. The molecule has 0 amide bonds. The van der Waals surface area contributed by atoms with Crippen LogP contribution in [0.5, 0.6) is 0 Å². The van der Waals surface area contributed by atoms with Crippen LogP contribution in [0.4, 0.5) is 0 Å². The zero-order valence-electron chi connectivity index (χ0n) is 11.2. The fourth-order valence-corrected chi connectivity index (χ4v) is 4.98. The second-order valence-corrected chi connectivity index (χ2v) is 8.43. The second-order valence-electron chi connectivity index (χ2n) is 5.20. The van der Waals surface area contributed by atoms with Crippen LogP contribution >= 0.6 is 27.5 Å². The van der Waals surface area contributed by atoms with Crippen molar-refractivity contribution in [1.82, 2.24) is 4.31 Å². The van der Waals surface area contributed by atoms with E-state index in [1.54, 1.807) is 18.2 Å². The molecular formula is C13H18BrClN2O2S. The average Bonchev–Trinajstić information content (AvgIpc) is 2.41.